The Bertz CT molecular complexity index is 686. The van der Waals surface area contributed by atoms with Crippen LogP contribution in [-0.2, 0) is 6.42 Å². The maximum Gasteiger partial charge on any atom is 0.319 e. The van der Waals surface area contributed by atoms with Gasteiger partial charge in [-0.3, -0.25) is 9.78 Å². The largest absolute Gasteiger partial charge is 0.343 e. The molecule has 1 aromatic carbocycles. The van der Waals surface area contributed by atoms with E-state index in [0.29, 0.717) is 17.9 Å². The molecule has 0 fully saturated rings. The van der Waals surface area contributed by atoms with Crippen LogP contribution in [0.5, 0.6) is 0 Å². The molecule has 0 bridgehead atoms. The lowest BCUT2D eigenvalue weighted by molar-refractivity contribution is 0.0822. The first-order valence-electron chi connectivity index (χ1n) is 7.83. The van der Waals surface area contributed by atoms with Crippen LogP contribution in [0.25, 0.3) is 0 Å². The van der Waals surface area contributed by atoms with E-state index in [1.54, 1.807) is 26.2 Å². The topological polar surface area (TPSA) is 74.3 Å². The number of carbonyl (C=O) groups excluding carboxylic acids is 2. The Balaban J connectivity index is 1.78. The fraction of sp³-hybridized carbons (Fsp3) is 0.278. The molecular weight excluding hydrogens is 304 g/mol. The highest BCUT2D eigenvalue weighted by Crippen LogP contribution is 2.09. The van der Waals surface area contributed by atoms with E-state index in [2.05, 4.69) is 27.8 Å². The van der Waals surface area contributed by atoms with E-state index in [1.807, 2.05) is 18.2 Å². The lowest BCUT2D eigenvalue weighted by atomic mass is 10.1. The van der Waals surface area contributed by atoms with Gasteiger partial charge >= 0.3 is 6.03 Å². The quantitative estimate of drug-likeness (QED) is 0.801. The van der Waals surface area contributed by atoms with E-state index < -0.39 is 0 Å². The van der Waals surface area contributed by atoms with Gasteiger partial charge in [0.2, 0.25) is 0 Å². The van der Waals surface area contributed by atoms with Crippen molar-refractivity contribution < 1.29 is 9.59 Å². The molecule has 6 heteroatoms. The number of carbonyl (C=O) groups is 2. The van der Waals surface area contributed by atoms with Gasteiger partial charge in [-0.25, -0.2) is 4.79 Å². The zero-order valence-corrected chi connectivity index (χ0v) is 14.0. The lowest BCUT2D eigenvalue weighted by Crippen LogP contribution is -2.30. The summed E-state index contributed by atoms with van der Waals surface area (Å²) in [4.78, 5) is 29.2. The Labute approximate surface area is 141 Å². The van der Waals surface area contributed by atoms with E-state index in [4.69, 9.17) is 0 Å². The number of nitrogens with zero attached hydrogens (tertiary/aromatic N) is 2. The molecule has 0 saturated carbocycles. The summed E-state index contributed by atoms with van der Waals surface area (Å²) in [7, 11) is 3.31. The molecule has 0 aliphatic heterocycles. The number of aryl methyl sites for hydroxylation is 1. The van der Waals surface area contributed by atoms with Crippen LogP contribution >= 0.6 is 0 Å². The number of nitrogens with one attached hydrogen (secondary N) is 2. The number of benzene rings is 1. The summed E-state index contributed by atoms with van der Waals surface area (Å²) < 4.78 is 0. The van der Waals surface area contributed by atoms with Crippen LogP contribution in [0, 0.1) is 0 Å². The van der Waals surface area contributed by atoms with Gasteiger partial charge in [0, 0.05) is 32.5 Å². The van der Waals surface area contributed by atoms with E-state index in [0.717, 1.165) is 12.8 Å². The smallest absolute Gasteiger partial charge is 0.319 e. The van der Waals surface area contributed by atoms with Gasteiger partial charge in [0.1, 0.15) is 5.69 Å². The van der Waals surface area contributed by atoms with Crippen LogP contribution in [0.3, 0.4) is 0 Å². The van der Waals surface area contributed by atoms with Crippen LogP contribution in [0.4, 0.5) is 10.5 Å². The van der Waals surface area contributed by atoms with Crippen molar-refractivity contribution in [2.75, 3.05) is 26.0 Å². The van der Waals surface area contributed by atoms with Gasteiger partial charge in [0.25, 0.3) is 5.91 Å². The molecule has 24 heavy (non-hydrogen) atoms. The number of hydrogen-bond donors (Lipinski definition) is 2. The molecule has 0 spiro atoms. The van der Waals surface area contributed by atoms with Crippen molar-refractivity contribution in [2.24, 2.45) is 0 Å². The summed E-state index contributed by atoms with van der Waals surface area (Å²) in [5, 5.41) is 5.52. The van der Waals surface area contributed by atoms with Crippen molar-refractivity contribution in [3.63, 3.8) is 0 Å². The fourth-order valence-corrected chi connectivity index (χ4v) is 2.17. The minimum Gasteiger partial charge on any atom is -0.343 e. The van der Waals surface area contributed by atoms with Gasteiger partial charge in [-0.15, -0.1) is 0 Å². The Kier molecular flexibility index (Phi) is 6.31. The van der Waals surface area contributed by atoms with Gasteiger partial charge < -0.3 is 15.5 Å². The standard InChI is InChI=1S/C18H22N4O2/c1-22(2)17(23)16-13-15(10-12-19-16)21-18(24)20-11-6-9-14-7-4-3-5-8-14/h3-5,7-8,10,12-13H,6,9,11H2,1-2H3,(H2,19,20,21,24). The van der Waals surface area contributed by atoms with Crippen LogP contribution in [0.15, 0.2) is 48.7 Å². The average Bonchev–Trinajstić information content (AvgIpc) is 2.59. The van der Waals surface area contributed by atoms with E-state index in [1.165, 1.54) is 16.7 Å². The molecule has 0 atom stereocenters. The van der Waals surface area contributed by atoms with Crippen LogP contribution in [0.2, 0.25) is 0 Å². The van der Waals surface area contributed by atoms with E-state index >= 15 is 0 Å². The number of rotatable bonds is 6. The molecule has 6 nitrogen and oxygen atoms in total. The predicted molar refractivity (Wildman–Crippen MR) is 94.0 cm³/mol. The molecule has 0 aliphatic carbocycles. The molecule has 0 unspecified atom stereocenters. The molecular formula is C18H22N4O2. The average molecular weight is 326 g/mol. The predicted octanol–water partition coefficient (Wildman–Crippen LogP) is 2.54. The third kappa shape index (κ3) is 5.39. The van der Waals surface area contributed by atoms with E-state index in [-0.39, 0.29) is 11.9 Å². The van der Waals surface area contributed by atoms with Crippen LogP contribution < -0.4 is 10.6 Å². The molecule has 2 N–H and O–H groups in total. The highest BCUT2D eigenvalue weighted by molar-refractivity contribution is 5.95. The summed E-state index contributed by atoms with van der Waals surface area (Å²) in [5.41, 5.74) is 2.08. The number of aromatic nitrogens is 1. The number of hydrogen-bond acceptors (Lipinski definition) is 3. The summed E-state index contributed by atoms with van der Waals surface area (Å²) in [6.07, 6.45) is 3.28. The fourth-order valence-electron chi connectivity index (χ4n) is 2.17. The van der Waals surface area contributed by atoms with Gasteiger partial charge in [-0.1, -0.05) is 30.3 Å². The summed E-state index contributed by atoms with van der Waals surface area (Å²) in [6, 6.07) is 13.1. The molecule has 2 aromatic rings. The normalized spacial score (nSPS) is 10.1. The minimum atomic E-state index is -0.294. The van der Waals surface area contributed by atoms with Gasteiger partial charge in [-0.05, 0) is 30.5 Å². The van der Waals surface area contributed by atoms with Crippen molar-refractivity contribution in [2.45, 2.75) is 12.8 Å². The Morgan fingerprint density at radius 3 is 2.58 bits per heavy atom. The Morgan fingerprint density at radius 1 is 1.12 bits per heavy atom. The first kappa shape index (κ1) is 17.5. The van der Waals surface area contributed by atoms with Gasteiger partial charge in [0.05, 0.1) is 0 Å². The van der Waals surface area contributed by atoms with Crippen molar-refractivity contribution in [3.05, 3.63) is 59.9 Å². The molecule has 0 saturated heterocycles. The van der Waals surface area contributed by atoms with Gasteiger partial charge in [-0.2, -0.15) is 0 Å². The molecule has 0 radical (unpaired) electrons. The zero-order valence-electron chi connectivity index (χ0n) is 14.0. The summed E-state index contributed by atoms with van der Waals surface area (Å²) >= 11 is 0. The first-order chi connectivity index (χ1) is 11.6. The summed E-state index contributed by atoms with van der Waals surface area (Å²) in [6.45, 7) is 0.579. The second kappa shape index (κ2) is 8.67. The van der Waals surface area contributed by atoms with E-state index in [9.17, 15) is 9.59 Å². The molecule has 126 valence electrons. The van der Waals surface area contributed by atoms with Crippen molar-refractivity contribution >= 4 is 17.6 Å². The van der Waals surface area contributed by atoms with Crippen LogP contribution in [0.1, 0.15) is 22.5 Å². The third-order valence-corrected chi connectivity index (χ3v) is 3.41. The Hall–Kier alpha value is -2.89. The second-order valence-electron chi connectivity index (χ2n) is 5.60. The molecule has 1 heterocycles. The third-order valence-electron chi connectivity index (χ3n) is 3.41. The maximum atomic E-state index is 11.9. The highest BCUT2D eigenvalue weighted by atomic mass is 16.2. The molecule has 3 amide bonds. The molecule has 0 aliphatic rings. The monoisotopic (exact) mass is 326 g/mol. The number of pyridine rings is 1. The summed E-state index contributed by atoms with van der Waals surface area (Å²) in [5.74, 6) is -0.207. The lowest BCUT2D eigenvalue weighted by Gasteiger charge is -2.11. The van der Waals surface area contributed by atoms with Crippen molar-refractivity contribution in [1.29, 1.82) is 0 Å². The minimum absolute atomic E-state index is 0.207. The highest BCUT2D eigenvalue weighted by Gasteiger charge is 2.10. The maximum absolute atomic E-state index is 11.9. The number of urea groups is 1. The number of amides is 3. The first-order valence-corrected chi connectivity index (χ1v) is 7.83. The molecule has 1 aromatic heterocycles. The zero-order chi connectivity index (χ0) is 17.4. The molecule has 2 rings (SSSR count). The van der Waals surface area contributed by atoms with Crippen molar-refractivity contribution in [1.82, 2.24) is 15.2 Å². The Morgan fingerprint density at radius 2 is 1.88 bits per heavy atom. The SMILES string of the molecule is CN(C)C(=O)c1cc(NC(=O)NCCCc2ccccc2)ccn1. The van der Waals surface area contributed by atoms with Crippen molar-refractivity contribution in [3.8, 4) is 0 Å². The number of anilines is 1. The van der Waals surface area contributed by atoms with Gasteiger partial charge in [0.15, 0.2) is 0 Å². The second-order valence-corrected chi connectivity index (χ2v) is 5.60. The van der Waals surface area contributed by atoms with Crippen LogP contribution in [-0.4, -0.2) is 42.5 Å².